The van der Waals surface area contributed by atoms with E-state index in [1.807, 2.05) is 19.1 Å². The van der Waals surface area contributed by atoms with Gasteiger partial charge in [0, 0.05) is 23.9 Å². The van der Waals surface area contributed by atoms with Crippen molar-refractivity contribution < 1.29 is 9.53 Å². The number of carbonyl (C=O) groups is 1. The number of ether oxygens (including phenoxy) is 1. The maximum absolute atomic E-state index is 12.5. The van der Waals surface area contributed by atoms with Gasteiger partial charge in [-0.3, -0.25) is 4.79 Å². The van der Waals surface area contributed by atoms with Crippen molar-refractivity contribution in [2.24, 2.45) is 17.2 Å². The number of unbranched alkanes of at least 4 members (excludes halogenated alkanes) is 4. The lowest BCUT2D eigenvalue weighted by molar-refractivity contribution is 0.0965. The molecule has 150 valence electrons. The number of rotatable bonds is 12. The average Bonchev–Trinajstić information content (AvgIpc) is 2.66. The van der Waals surface area contributed by atoms with E-state index in [0.717, 1.165) is 37.2 Å². The van der Waals surface area contributed by atoms with E-state index < -0.39 is 0 Å². The van der Waals surface area contributed by atoms with Crippen LogP contribution in [0.15, 0.2) is 42.1 Å². The quantitative estimate of drug-likeness (QED) is 0.217. The molecule has 0 heterocycles. The van der Waals surface area contributed by atoms with Crippen LogP contribution in [0.25, 0.3) is 0 Å². The minimum absolute atomic E-state index is 0.190. The van der Waals surface area contributed by atoms with Crippen LogP contribution in [0.5, 0.6) is 0 Å². The molecule has 1 aromatic carbocycles. The number of allylic oxidation sites excluding steroid dienone is 2. The van der Waals surface area contributed by atoms with Gasteiger partial charge in [-0.1, -0.05) is 25.3 Å². The fourth-order valence-electron chi connectivity index (χ4n) is 2.58. The van der Waals surface area contributed by atoms with Crippen LogP contribution in [0.2, 0.25) is 0 Å². The largest absolute Gasteiger partial charge is 0.483 e. The second-order valence-electron chi connectivity index (χ2n) is 6.31. The lowest BCUT2D eigenvalue weighted by atomic mass is 10.1. The highest BCUT2D eigenvalue weighted by Crippen LogP contribution is 2.19. The van der Waals surface area contributed by atoms with Crippen molar-refractivity contribution in [3.63, 3.8) is 0 Å². The zero-order chi connectivity index (χ0) is 20.1. The molecular weight excluding hydrogens is 342 g/mol. The van der Waals surface area contributed by atoms with Crippen LogP contribution >= 0.6 is 0 Å². The smallest absolute Gasteiger partial charge is 0.257 e. The number of anilines is 1. The summed E-state index contributed by atoms with van der Waals surface area (Å²) in [4.78, 5) is 12.5. The molecule has 1 aromatic rings. The SMILES string of the molecule is CO/C(N)=C/C=C(\N)NC(=O)c1cccc(NCCCCCCCN)c1C. The Hall–Kier alpha value is -2.67. The highest BCUT2D eigenvalue weighted by molar-refractivity contribution is 5.97. The summed E-state index contributed by atoms with van der Waals surface area (Å²) in [6, 6.07) is 5.60. The molecule has 0 radical (unpaired) electrons. The van der Waals surface area contributed by atoms with Crippen molar-refractivity contribution in [1.29, 1.82) is 0 Å². The first-order chi connectivity index (χ1) is 13.0. The van der Waals surface area contributed by atoms with Crippen LogP contribution in [0, 0.1) is 6.92 Å². The van der Waals surface area contributed by atoms with E-state index in [2.05, 4.69) is 10.6 Å². The van der Waals surface area contributed by atoms with Crippen LogP contribution in [0.1, 0.15) is 48.0 Å². The van der Waals surface area contributed by atoms with E-state index in [1.165, 1.54) is 38.5 Å². The van der Waals surface area contributed by atoms with Gasteiger partial charge in [-0.25, -0.2) is 0 Å². The molecule has 1 amide bonds. The highest BCUT2D eigenvalue weighted by Gasteiger charge is 2.11. The maximum Gasteiger partial charge on any atom is 0.257 e. The van der Waals surface area contributed by atoms with Gasteiger partial charge < -0.3 is 32.6 Å². The fourth-order valence-corrected chi connectivity index (χ4v) is 2.58. The zero-order valence-electron chi connectivity index (χ0n) is 16.4. The first kappa shape index (κ1) is 22.4. The van der Waals surface area contributed by atoms with Gasteiger partial charge in [0.2, 0.25) is 0 Å². The van der Waals surface area contributed by atoms with Gasteiger partial charge in [-0.2, -0.15) is 0 Å². The summed E-state index contributed by atoms with van der Waals surface area (Å²) in [6.07, 6.45) is 8.70. The summed E-state index contributed by atoms with van der Waals surface area (Å²) < 4.78 is 4.81. The van der Waals surface area contributed by atoms with Crippen LogP contribution in [-0.4, -0.2) is 26.1 Å². The Morgan fingerprint density at radius 2 is 1.81 bits per heavy atom. The molecule has 0 unspecified atom stereocenters. The number of hydrogen-bond donors (Lipinski definition) is 5. The predicted octanol–water partition coefficient (Wildman–Crippen LogP) is 2.29. The average molecular weight is 376 g/mol. The fraction of sp³-hybridized carbons (Fsp3) is 0.450. The molecule has 0 atom stereocenters. The number of methoxy groups -OCH3 is 1. The minimum atomic E-state index is -0.268. The van der Waals surface area contributed by atoms with Crippen molar-refractivity contribution in [2.45, 2.75) is 39.0 Å². The summed E-state index contributed by atoms with van der Waals surface area (Å²) in [5.41, 5.74) is 19.2. The third kappa shape index (κ3) is 8.50. The summed E-state index contributed by atoms with van der Waals surface area (Å²) in [7, 11) is 1.45. The van der Waals surface area contributed by atoms with Gasteiger partial charge in [0.05, 0.1) is 7.11 Å². The normalized spacial score (nSPS) is 12.0. The van der Waals surface area contributed by atoms with E-state index in [-0.39, 0.29) is 17.6 Å². The molecule has 27 heavy (non-hydrogen) atoms. The maximum atomic E-state index is 12.5. The Bertz CT molecular complexity index is 656. The Morgan fingerprint density at radius 3 is 2.52 bits per heavy atom. The lowest BCUT2D eigenvalue weighted by Crippen LogP contribution is -2.28. The molecule has 8 N–H and O–H groups in total. The van der Waals surface area contributed by atoms with Gasteiger partial charge in [0.1, 0.15) is 5.82 Å². The van der Waals surface area contributed by atoms with E-state index >= 15 is 0 Å². The summed E-state index contributed by atoms with van der Waals surface area (Å²) in [5.74, 6) is 0.129. The minimum Gasteiger partial charge on any atom is -0.483 e. The van der Waals surface area contributed by atoms with Crippen LogP contribution in [0.4, 0.5) is 5.69 Å². The Morgan fingerprint density at radius 1 is 1.11 bits per heavy atom. The number of nitrogens with one attached hydrogen (secondary N) is 2. The molecule has 0 bridgehead atoms. The zero-order valence-corrected chi connectivity index (χ0v) is 16.4. The van der Waals surface area contributed by atoms with E-state index in [4.69, 9.17) is 21.9 Å². The number of nitrogens with two attached hydrogens (primary N) is 3. The monoisotopic (exact) mass is 375 g/mol. The molecule has 0 fully saturated rings. The molecule has 0 aliphatic rings. The van der Waals surface area contributed by atoms with Crippen molar-refractivity contribution in [3.8, 4) is 0 Å². The third-order valence-corrected chi connectivity index (χ3v) is 4.20. The van der Waals surface area contributed by atoms with Crippen molar-refractivity contribution in [2.75, 3.05) is 25.5 Å². The molecule has 7 nitrogen and oxygen atoms in total. The van der Waals surface area contributed by atoms with Crippen LogP contribution in [-0.2, 0) is 4.74 Å². The van der Waals surface area contributed by atoms with Crippen LogP contribution in [0.3, 0.4) is 0 Å². The van der Waals surface area contributed by atoms with E-state index in [0.29, 0.717) is 5.56 Å². The molecule has 0 aromatic heterocycles. The van der Waals surface area contributed by atoms with E-state index in [1.54, 1.807) is 6.07 Å². The molecule has 0 saturated carbocycles. The molecule has 0 aliphatic carbocycles. The van der Waals surface area contributed by atoms with Crippen molar-refractivity contribution in [1.82, 2.24) is 5.32 Å². The van der Waals surface area contributed by atoms with Gasteiger partial charge in [-0.05, 0) is 50.1 Å². The molecule has 1 rings (SSSR count). The summed E-state index contributed by atoms with van der Waals surface area (Å²) in [6.45, 7) is 3.56. The Kier molecular flexibility index (Phi) is 10.5. The molecule has 0 spiro atoms. The van der Waals surface area contributed by atoms with Gasteiger partial charge in [-0.15, -0.1) is 0 Å². The lowest BCUT2D eigenvalue weighted by Gasteiger charge is -2.13. The topological polar surface area (TPSA) is 128 Å². The Balaban J connectivity index is 2.59. The van der Waals surface area contributed by atoms with Crippen LogP contribution < -0.4 is 27.8 Å². The third-order valence-electron chi connectivity index (χ3n) is 4.20. The van der Waals surface area contributed by atoms with Gasteiger partial charge in [0.25, 0.3) is 5.91 Å². The first-order valence-electron chi connectivity index (χ1n) is 9.31. The van der Waals surface area contributed by atoms with Gasteiger partial charge >= 0.3 is 0 Å². The standard InChI is InChI=1S/C20H33N5O2/c1-15-16(20(26)25-18(22)11-12-19(23)27-2)9-8-10-17(15)24-14-7-5-3-4-6-13-21/h8-12,24H,3-7,13-14,21-23H2,1-2H3,(H,25,26)/b18-11+,19-12+. The number of benzene rings is 1. The van der Waals surface area contributed by atoms with Crippen molar-refractivity contribution in [3.05, 3.63) is 53.2 Å². The predicted molar refractivity (Wildman–Crippen MR) is 111 cm³/mol. The van der Waals surface area contributed by atoms with E-state index in [9.17, 15) is 4.79 Å². The second-order valence-corrected chi connectivity index (χ2v) is 6.31. The molecule has 7 heteroatoms. The number of amides is 1. The molecule has 0 aliphatic heterocycles. The highest BCUT2D eigenvalue weighted by atomic mass is 16.5. The van der Waals surface area contributed by atoms with Crippen molar-refractivity contribution >= 4 is 11.6 Å². The first-order valence-corrected chi connectivity index (χ1v) is 9.31. The Labute approximate surface area is 162 Å². The number of carbonyl (C=O) groups excluding carboxylic acids is 1. The van der Waals surface area contributed by atoms with Gasteiger partial charge in [0.15, 0.2) is 5.88 Å². The molecule has 0 saturated heterocycles. The molecular formula is C20H33N5O2. The summed E-state index contributed by atoms with van der Waals surface area (Å²) >= 11 is 0. The second kappa shape index (κ2) is 12.6. The number of hydrogen-bond acceptors (Lipinski definition) is 6. The summed E-state index contributed by atoms with van der Waals surface area (Å²) in [5, 5.41) is 6.05.